The van der Waals surface area contributed by atoms with Crippen molar-refractivity contribution in [2.75, 3.05) is 13.6 Å². The van der Waals surface area contributed by atoms with Crippen LogP contribution in [0.3, 0.4) is 0 Å². The first kappa shape index (κ1) is 19.7. The summed E-state index contributed by atoms with van der Waals surface area (Å²) in [5.74, 6) is -0.938. The van der Waals surface area contributed by atoms with Gasteiger partial charge in [-0.05, 0) is 60.9 Å². The molecule has 3 rings (SSSR count). The predicted octanol–water partition coefficient (Wildman–Crippen LogP) is 2.85. The van der Waals surface area contributed by atoms with Crippen LogP contribution in [0.15, 0.2) is 27.5 Å². The van der Waals surface area contributed by atoms with Crippen molar-refractivity contribution in [2.24, 2.45) is 0 Å². The number of ketones is 1. The van der Waals surface area contributed by atoms with Crippen LogP contribution in [0.5, 0.6) is 5.75 Å². The summed E-state index contributed by atoms with van der Waals surface area (Å²) in [5, 5.41) is 10.3. The molecule has 0 bridgehead atoms. The van der Waals surface area contributed by atoms with Crippen LogP contribution in [0.2, 0.25) is 0 Å². The maximum absolute atomic E-state index is 13.3. The number of likely N-dealkylation sites (N-methyl/N-ethyl adjacent to an activating group) is 1. The number of fused-ring (bicyclic) bond motifs is 1. The summed E-state index contributed by atoms with van der Waals surface area (Å²) < 4.78 is 15.1. The van der Waals surface area contributed by atoms with E-state index >= 15 is 0 Å². The zero-order chi connectivity index (χ0) is 19.9. The maximum Gasteiger partial charge on any atom is 0.296 e. The number of carbonyl (C=O) groups excluding carboxylic acids is 1. The molecule has 1 aliphatic heterocycles. The average Bonchev–Trinajstić information content (AvgIpc) is 2.62. The van der Waals surface area contributed by atoms with Gasteiger partial charge in [0.2, 0.25) is 5.75 Å². The van der Waals surface area contributed by atoms with E-state index in [2.05, 4.69) is 25.8 Å². The second-order valence-corrected chi connectivity index (χ2v) is 8.10. The van der Waals surface area contributed by atoms with Gasteiger partial charge in [-0.2, -0.15) is 0 Å². The van der Waals surface area contributed by atoms with E-state index in [1.807, 2.05) is 20.9 Å². The summed E-state index contributed by atoms with van der Waals surface area (Å²) in [6.07, 6.45) is 0.401. The van der Waals surface area contributed by atoms with Crippen LogP contribution in [0.4, 0.5) is 4.39 Å². The predicted molar refractivity (Wildman–Crippen MR) is 103 cm³/mol. The highest BCUT2D eigenvalue weighted by Crippen LogP contribution is 2.29. The van der Waals surface area contributed by atoms with Gasteiger partial charge in [-0.15, -0.1) is 0 Å². The Balaban J connectivity index is 1.91. The normalized spacial score (nSPS) is 16.2. The van der Waals surface area contributed by atoms with Crippen molar-refractivity contribution in [3.8, 4) is 5.75 Å². The Morgan fingerprint density at radius 2 is 2.07 bits per heavy atom. The number of Topliss-reactive ketones (excluding diaryl/α,β-unsaturated/α-hetero) is 1. The summed E-state index contributed by atoms with van der Waals surface area (Å²) in [7, 11) is 1.93. The lowest BCUT2D eigenvalue weighted by molar-refractivity contribution is 0.0946. The number of benzene rings is 1. The van der Waals surface area contributed by atoms with Crippen LogP contribution in [0.25, 0.3) is 0 Å². The van der Waals surface area contributed by atoms with Crippen LogP contribution < -0.4 is 5.56 Å². The first-order valence-electron chi connectivity index (χ1n) is 8.65. The third kappa shape index (κ3) is 3.55. The van der Waals surface area contributed by atoms with E-state index in [0.717, 1.165) is 5.56 Å². The van der Waals surface area contributed by atoms with Crippen LogP contribution in [-0.2, 0) is 18.5 Å². The molecule has 1 N–H and O–H groups in total. The Bertz CT molecular complexity index is 971. The van der Waals surface area contributed by atoms with E-state index < -0.39 is 22.6 Å². The molecule has 0 saturated carbocycles. The molecule has 0 aliphatic carbocycles. The van der Waals surface area contributed by atoms with Gasteiger partial charge in [-0.25, -0.2) is 9.37 Å². The largest absolute Gasteiger partial charge is 0.501 e. The summed E-state index contributed by atoms with van der Waals surface area (Å²) in [6, 6.07) is 4.53. The molecule has 2 aromatic rings. The molecule has 1 aliphatic rings. The van der Waals surface area contributed by atoms with E-state index in [0.29, 0.717) is 29.8 Å². The van der Waals surface area contributed by atoms with Crippen molar-refractivity contribution in [1.29, 1.82) is 0 Å². The fourth-order valence-electron chi connectivity index (χ4n) is 3.19. The van der Waals surface area contributed by atoms with Gasteiger partial charge in [0.05, 0.1) is 10.0 Å². The molecule has 0 atom stereocenters. The maximum atomic E-state index is 13.3. The number of aryl methyl sites for hydroxylation is 1. The fourth-order valence-corrected chi connectivity index (χ4v) is 3.61. The minimum Gasteiger partial charge on any atom is -0.501 e. The van der Waals surface area contributed by atoms with E-state index in [1.54, 1.807) is 12.1 Å². The Hall–Kier alpha value is -2.06. The van der Waals surface area contributed by atoms with Crippen molar-refractivity contribution in [3.63, 3.8) is 0 Å². The van der Waals surface area contributed by atoms with E-state index in [4.69, 9.17) is 0 Å². The zero-order valence-corrected chi connectivity index (χ0v) is 17.0. The lowest BCUT2D eigenvalue weighted by Gasteiger charge is -2.40. The monoisotopic (exact) mass is 437 g/mol. The van der Waals surface area contributed by atoms with E-state index in [-0.39, 0.29) is 17.9 Å². The Morgan fingerprint density at radius 3 is 2.74 bits per heavy atom. The second kappa shape index (κ2) is 7.16. The zero-order valence-electron chi connectivity index (χ0n) is 15.4. The van der Waals surface area contributed by atoms with Gasteiger partial charge in [-0.3, -0.25) is 19.1 Å². The number of hydrogen-bond acceptors (Lipinski definition) is 5. The third-order valence-electron chi connectivity index (χ3n) is 5.19. The number of carbonyl (C=O) groups is 1. The van der Waals surface area contributed by atoms with Gasteiger partial charge in [0.25, 0.3) is 5.56 Å². The molecule has 0 saturated heterocycles. The molecule has 27 heavy (non-hydrogen) atoms. The van der Waals surface area contributed by atoms with Gasteiger partial charge in [-0.1, -0.05) is 6.07 Å². The number of aromatic hydroxyl groups is 1. The molecule has 1 aromatic carbocycles. The fraction of sp³-hybridized carbons (Fsp3) is 0.421. The molecular formula is C19H21BrFN3O3. The third-order valence-corrected chi connectivity index (χ3v) is 5.80. The molecule has 1 aromatic heterocycles. The minimum atomic E-state index is -0.607. The molecule has 8 heteroatoms. The lowest BCUT2D eigenvalue weighted by atomic mass is 9.98. The van der Waals surface area contributed by atoms with Crippen LogP contribution in [0, 0.1) is 5.82 Å². The standard InChI is InChI=1S/C19H21BrFN3O3/c1-19(2)18-22-15(16(26)17(27)24(18)9-8-23(19)3)14(25)7-5-11-4-6-13(21)12(20)10-11/h4,6,10,26H,5,7-9H2,1-3H3. The van der Waals surface area contributed by atoms with Gasteiger partial charge in [0, 0.05) is 19.5 Å². The lowest BCUT2D eigenvalue weighted by Crippen LogP contribution is -2.50. The highest BCUT2D eigenvalue weighted by molar-refractivity contribution is 9.10. The van der Waals surface area contributed by atoms with Gasteiger partial charge >= 0.3 is 0 Å². The molecule has 144 valence electrons. The van der Waals surface area contributed by atoms with Crippen LogP contribution in [0.1, 0.15) is 42.1 Å². The highest BCUT2D eigenvalue weighted by atomic mass is 79.9. The number of rotatable bonds is 4. The molecule has 0 amide bonds. The molecule has 0 fully saturated rings. The van der Waals surface area contributed by atoms with Crippen molar-refractivity contribution in [3.05, 3.63) is 55.9 Å². The number of halogens is 2. The number of aromatic nitrogens is 2. The second-order valence-electron chi connectivity index (χ2n) is 7.24. The first-order chi connectivity index (χ1) is 12.6. The van der Waals surface area contributed by atoms with Crippen molar-refractivity contribution in [1.82, 2.24) is 14.5 Å². The topological polar surface area (TPSA) is 75.4 Å². The Labute approximate surface area is 164 Å². The summed E-state index contributed by atoms with van der Waals surface area (Å²) in [5.41, 5.74) is -0.558. The molecule has 0 spiro atoms. The Kier molecular flexibility index (Phi) is 5.22. The quantitative estimate of drug-likeness (QED) is 0.744. The highest BCUT2D eigenvalue weighted by Gasteiger charge is 2.36. The van der Waals surface area contributed by atoms with Crippen molar-refractivity contribution >= 4 is 21.7 Å². The molecule has 6 nitrogen and oxygen atoms in total. The van der Waals surface area contributed by atoms with Gasteiger partial charge < -0.3 is 5.11 Å². The van der Waals surface area contributed by atoms with Gasteiger partial charge in [0.15, 0.2) is 11.5 Å². The number of hydrogen-bond donors (Lipinski definition) is 1. The summed E-state index contributed by atoms with van der Waals surface area (Å²) in [6.45, 7) is 4.90. The SMILES string of the molecule is CN1CCn2c(nc(C(=O)CCc3ccc(F)c(Br)c3)c(O)c2=O)C1(C)C. The van der Waals surface area contributed by atoms with E-state index in [9.17, 15) is 19.1 Å². The first-order valence-corrected chi connectivity index (χ1v) is 9.45. The average molecular weight is 438 g/mol. The summed E-state index contributed by atoms with van der Waals surface area (Å²) >= 11 is 3.12. The molecule has 0 radical (unpaired) electrons. The van der Waals surface area contributed by atoms with E-state index in [1.165, 1.54) is 10.6 Å². The van der Waals surface area contributed by atoms with Crippen molar-refractivity contribution in [2.45, 2.75) is 38.8 Å². The smallest absolute Gasteiger partial charge is 0.296 e. The molecule has 2 heterocycles. The number of nitrogens with zero attached hydrogens (tertiary/aromatic N) is 3. The molecular weight excluding hydrogens is 417 g/mol. The minimum absolute atomic E-state index is 0.0534. The van der Waals surface area contributed by atoms with Gasteiger partial charge in [0.1, 0.15) is 11.6 Å². The van der Waals surface area contributed by atoms with Crippen LogP contribution in [-0.4, -0.2) is 38.9 Å². The molecule has 0 unspecified atom stereocenters. The Morgan fingerprint density at radius 1 is 1.37 bits per heavy atom. The summed E-state index contributed by atoms with van der Waals surface area (Å²) in [4.78, 5) is 31.6. The van der Waals surface area contributed by atoms with Crippen LogP contribution >= 0.6 is 15.9 Å². The van der Waals surface area contributed by atoms with Crippen molar-refractivity contribution < 1.29 is 14.3 Å².